The van der Waals surface area contributed by atoms with Crippen molar-refractivity contribution in [3.05, 3.63) is 53.3 Å². The van der Waals surface area contributed by atoms with E-state index in [1.165, 1.54) is 12.1 Å². The number of hydrogen-bond donors (Lipinski definition) is 0. The Morgan fingerprint density at radius 2 is 1.88 bits per heavy atom. The first-order chi connectivity index (χ1) is 8.24. The van der Waals surface area contributed by atoms with Gasteiger partial charge in [0.1, 0.15) is 11.3 Å². The molecule has 0 spiro atoms. The Hall–Kier alpha value is -1.87. The summed E-state index contributed by atoms with van der Waals surface area (Å²) in [6.45, 7) is 0. The van der Waals surface area contributed by atoms with E-state index in [-0.39, 0.29) is 5.02 Å². The van der Waals surface area contributed by atoms with E-state index in [1.807, 2.05) is 30.3 Å². The van der Waals surface area contributed by atoms with Crippen LogP contribution in [-0.4, -0.2) is 4.98 Å². The Morgan fingerprint density at radius 1 is 1.12 bits per heavy atom. The van der Waals surface area contributed by atoms with Crippen LogP contribution in [0.1, 0.15) is 0 Å². The lowest BCUT2D eigenvalue weighted by Gasteiger charge is -1.92. The summed E-state index contributed by atoms with van der Waals surface area (Å²) >= 11 is 5.68. The monoisotopic (exact) mass is 247 g/mol. The highest BCUT2D eigenvalue weighted by Gasteiger charge is 2.10. The van der Waals surface area contributed by atoms with Crippen LogP contribution in [-0.2, 0) is 0 Å². The maximum atomic E-state index is 13.2. The molecule has 4 heteroatoms. The molecule has 2 nitrogen and oxygen atoms in total. The first-order valence-corrected chi connectivity index (χ1v) is 5.43. The van der Waals surface area contributed by atoms with Gasteiger partial charge in [-0.25, -0.2) is 9.37 Å². The van der Waals surface area contributed by atoms with Gasteiger partial charge < -0.3 is 4.42 Å². The van der Waals surface area contributed by atoms with Crippen LogP contribution in [0.3, 0.4) is 0 Å². The third-order valence-corrected chi connectivity index (χ3v) is 2.74. The fourth-order valence-electron chi connectivity index (χ4n) is 1.63. The van der Waals surface area contributed by atoms with Gasteiger partial charge in [-0.05, 0) is 12.1 Å². The zero-order valence-corrected chi connectivity index (χ0v) is 9.41. The topological polar surface area (TPSA) is 26.0 Å². The molecule has 0 N–H and O–H groups in total. The molecule has 84 valence electrons. The smallest absolute Gasteiger partial charge is 0.227 e. The molecule has 0 fully saturated rings. The zero-order chi connectivity index (χ0) is 11.8. The van der Waals surface area contributed by atoms with Crippen molar-refractivity contribution < 1.29 is 8.81 Å². The second-order valence-electron chi connectivity index (χ2n) is 3.62. The van der Waals surface area contributed by atoms with E-state index in [1.54, 1.807) is 0 Å². The molecular weight excluding hydrogens is 241 g/mol. The van der Waals surface area contributed by atoms with Crippen LogP contribution in [0.5, 0.6) is 0 Å². The second-order valence-corrected chi connectivity index (χ2v) is 4.03. The number of hydrogen-bond acceptors (Lipinski definition) is 2. The van der Waals surface area contributed by atoms with Gasteiger partial charge >= 0.3 is 0 Å². The molecule has 1 heterocycles. The van der Waals surface area contributed by atoms with Crippen molar-refractivity contribution in [1.82, 2.24) is 4.98 Å². The van der Waals surface area contributed by atoms with Crippen molar-refractivity contribution in [2.24, 2.45) is 0 Å². The molecule has 0 saturated heterocycles. The minimum Gasteiger partial charge on any atom is -0.436 e. The fraction of sp³-hybridized carbons (Fsp3) is 0. The van der Waals surface area contributed by atoms with Crippen molar-refractivity contribution in [2.75, 3.05) is 0 Å². The third-order valence-electron chi connectivity index (χ3n) is 2.45. The number of halogens is 2. The highest BCUT2D eigenvalue weighted by molar-refractivity contribution is 6.31. The first kappa shape index (κ1) is 10.3. The van der Waals surface area contributed by atoms with Crippen molar-refractivity contribution in [3.63, 3.8) is 0 Å². The molecule has 0 radical (unpaired) electrons. The van der Waals surface area contributed by atoms with Gasteiger partial charge in [-0.15, -0.1) is 0 Å². The van der Waals surface area contributed by atoms with E-state index in [9.17, 15) is 4.39 Å². The van der Waals surface area contributed by atoms with E-state index in [0.717, 1.165) is 5.56 Å². The summed E-state index contributed by atoms with van der Waals surface area (Å²) in [4.78, 5) is 4.22. The Bertz CT molecular complexity index is 639. The van der Waals surface area contributed by atoms with Gasteiger partial charge in [-0.2, -0.15) is 0 Å². The molecule has 3 rings (SSSR count). The molecule has 0 aliphatic heterocycles. The Balaban J connectivity index is 2.21. The SMILES string of the molecule is Fc1cc2nc(-c3ccccc3)oc2cc1Cl. The quantitative estimate of drug-likeness (QED) is 0.641. The maximum Gasteiger partial charge on any atom is 0.227 e. The summed E-state index contributed by atoms with van der Waals surface area (Å²) in [7, 11) is 0. The van der Waals surface area contributed by atoms with E-state index in [4.69, 9.17) is 16.0 Å². The molecule has 0 aliphatic carbocycles. The van der Waals surface area contributed by atoms with E-state index < -0.39 is 5.82 Å². The normalized spacial score (nSPS) is 10.9. The molecule has 0 unspecified atom stereocenters. The van der Waals surface area contributed by atoms with Gasteiger partial charge in [-0.3, -0.25) is 0 Å². The maximum absolute atomic E-state index is 13.2. The largest absolute Gasteiger partial charge is 0.436 e. The number of nitrogens with zero attached hydrogens (tertiary/aromatic N) is 1. The van der Waals surface area contributed by atoms with Crippen LogP contribution in [0.4, 0.5) is 4.39 Å². The first-order valence-electron chi connectivity index (χ1n) is 5.05. The van der Waals surface area contributed by atoms with E-state index >= 15 is 0 Å². The minimum atomic E-state index is -0.493. The average Bonchev–Trinajstić information content (AvgIpc) is 2.74. The minimum absolute atomic E-state index is 0.0354. The van der Waals surface area contributed by atoms with Gasteiger partial charge in [-0.1, -0.05) is 29.8 Å². The number of aromatic nitrogens is 1. The van der Waals surface area contributed by atoms with Crippen LogP contribution in [0, 0.1) is 5.82 Å². The highest BCUT2D eigenvalue weighted by Crippen LogP contribution is 2.27. The lowest BCUT2D eigenvalue weighted by atomic mass is 10.2. The predicted octanol–water partition coefficient (Wildman–Crippen LogP) is 4.29. The second kappa shape index (κ2) is 3.86. The van der Waals surface area contributed by atoms with Crippen LogP contribution in [0.15, 0.2) is 46.9 Å². The van der Waals surface area contributed by atoms with Gasteiger partial charge in [0, 0.05) is 17.7 Å². The van der Waals surface area contributed by atoms with Gasteiger partial charge in [0.15, 0.2) is 5.58 Å². The molecular formula is C13H7ClFNO. The molecule has 0 amide bonds. The van der Waals surface area contributed by atoms with Crippen LogP contribution in [0.2, 0.25) is 5.02 Å². The zero-order valence-electron chi connectivity index (χ0n) is 8.65. The number of oxazole rings is 1. The van der Waals surface area contributed by atoms with Gasteiger partial charge in [0.05, 0.1) is 5.02 Å². The van der Waals surface area contributed by atoms with Gasteiger partial charge in [0.25, 0.3) is 0 Å². The standard InChI is InChI=1S/C13H7ClFNO/c14-9-6-12-11(7-10(9)15)16-13(17-12)8-4-2-1-3-5-8/h1-7H. The molecule has 0 aliphatic rings. The lowest BCUT2D eigenvalue weighted by molar-refractivity contribution is 0.614. The summed E-state index contributed by atoms with van der Waals surface area (Å²) in [6, 6.07) is 12.1. The van der Waals surface area contributed by atoms with Crippen molar-refractivity contribution in [1.29, 1.82) is 0 Å². The number of benzene rings is 2. The van der Waals surface area contributed by atoms with E-state index in [0.29, 0.717) is 17.0 Å². The van der Waals surface area contributed by atoms with Crippen LogP contribution in [0.25, 0.3) is 22.6 Å². The van der Waals surface area contributed by atoms with Crippen molar-refractivity contribution in [3.8, 4) is 11.5 Å². The number of rotatable bonds is 1. The molecule has 0 atom stereocenters. The van der Waals surface area contributed by atoms with Gasteiger partial charge in [0.2, 0.25) is 5.89 Å². The molecule has 3 aromatic rings. The van der Waals surface area contributed by atoms with Crippen molar-refractivity contribution in [2.45, 2.75) is 0 Å². The summed E-state index contributed by atoms with van der Waals surface area (Å²) in [5.74, 6) is -0.0330. The molecule has 17 heavy (non-hydrogen) atoms. The lowest BCUT2D eigenvalue weighted by Crippen LogP contribution is -1.77. The summed E-state index contributed by atoms with van der Waals surface area (Å²) in [5, 5.41) is 0.0354. The number of fused-ring (bicyclic) bond motifs is 1. The average molecular weight is 248 g/mol. The summed E-state index contributed by atoms with van der Waals surface area (Å²) < 4.78 is 18.8. The fourth-order valence-corrected chi connectivity index (χ4v) is 1.78. The third kappa shape index (κ3) is 1.78. The molecule has 0 bridgehead atoms. The van der Waals surface area contributed by atoms with Crippen LogP contribution >= 0.6 is 11.6 Å². The predicted molar refractivity (Wildman–Crippen MR) is 64.4 cm³/mol. The summed E-state index contributed by atoms with van der Waals surface area (Å²) in [5.41, 5.74) is 1.79. The van der Waals surface area contributed by atoms with E-state index in [2.05, 4.69) is 4.98 Å². The summed E-state index contributed by atoms with van der Waals surface area (Å²) in [6.07, 6.45) is 0. The Labute approximate surface area is 102 Å². The molecule has 2 aromatic carbocycles. The highest BCUT2D eigenvalue weighted by atomic mass is 35.5. The molecule has 1 aromatic heterocycles. The van der Waals surface area contributed by atoms with Crippen molar-refractivity contribution >= 4 is 22.7 Å². The Kier molecular flexibility index (Phi) is 2.34. The molecule has 0 saturated carbocycles. The Morgan fingerprint density at radius 3 is 2.65 bits per heavy atom. The van der Waals surface area contributed by atoms with Crippen LogP contribution < -0.4 is 0 Å².